The number of fused-ring (bicyclic) bond motifs is 1. The van der Waals surface area contributed by atoms with Gasteiger partial charge in [-0.15, -0.1) is 0 Å². The van der Waals surface area contributed by atoms with E-state index in [9.17, 15) is 10.1 Å². The van der Waals surface area contributed by atoms with Crippen LogP contribution < -0.4 is 5.73 Å². The number of nitrogens with zero attached hydrogens (tertiary/aromatic N) is 3. The van der Waals surface area contributed by atoms with Gasteiger partial charge in [0.2, 0.25) is 5.91 Å². The molecule has 5 nitrogen and oxygen atoms in total. The van der Waals surface area contributed by atoms with E-state index < -0.39 is 0 Å². The number of aromatic nitrogens is 1. The van der Waals surface area contributed by atoms with Gasteiger partial charge in [-0.1, -0.05) is 22.0 Å². The number of nitriles is 1. The Bertz CT molecular complexity index is 1220. The van der Waals surface area contributed by atoms with Gasteiger partial charge < -0.3 is 5.73 Å². The van der Waals surface area contributed by atoms with E-state index in [0.29, 0.717) is 16.8 Å². The zero-order valence-corrected chi connectivity index (χ0v) is 17.7. The molecule has 1 atom stereocenters. The zero-order chi connectivity index (χ0) is 21.1. The lowest BCUT2D eigenvalue weighted by molar-refractivity contribution is 0.0901. The van der Waals surface area contributed by atoms with Crippen molar-refractivity contribution < 1.29 is 4.79 Å². The van der Waals surface area contributed by atoms with E-state index in [0.717, 1.165) is 26.5 Å². The maximum absolute atomic E-state index is 12.7. The molecule has 0 bridgehead atoms. The van der Waals surface area contributed by atoms with Gasteiger partial charge in [-0.3, -0.25) is 9.36 Å². The molecule has 2 N–H and O–H groups in total. The second-order valence-electron chi connectivity index (χ2n) is 6.97. The molecule has 0 aliphatic rings. The highest BCUT2D eigenvalue weighted by Crippen LogP contribution is 2.32. The van der Waals surface area contributed by atoms with Crippen LogP contribution in [0.2, 0.25) is 0 Å². The standard InChI is InChI=1S/C23H19BrN4O/c1-14-4-5-16(12-25)9-17(14)10-21(27-3)20-13-28(23(29)8-15(2)26)22-7-6-18(24)11-19(20)22/h4-7,9-11,13,15H,8,26H2,1-2H3/b21-10-/t15-/m0/s1. The Morgan fingerprint density at radius 3 is 2.79 bits per heavy atom. The number of nitrogens with two attached hydrogens (primary N) is 1. The highest BCUT2D eigenvalue weighted by Gasteiger charge is 2.18. The van der Waals surface area contributed by atoms with Crippen molar-refractivity contribution in [2.24, 2.45) is 5.73 Å². The van der Waals surface area contributed by atoms with Gasteiger partial charge in [-0.25, -0.2) is 4.85 Å². The molecule has 3 rings (SSSR count). The third-order valence-corrected chi connectivity index (χ3v) is 5.12. The Labute approximate surface area is 178 Å². The third kappa shape index (κ3) is 4.30. The van der Waals surface area contributed by atoms with Gasteiger partial charge in [-0.2, -0.15) is 5.26 Å². The number of hydrogen-bond donors (Lipinski definition) is 1. The van der Waals surface area contributed by atoms with Crippen LogP contribution in [0.5, 0.6) is 0 Å². The molecule has 0 spiro atoms. The molecule has 0 radical (unpaired) electrons. The highest BCUT2D eigenvalue weighted by atomic mass is 79.9. The smallest absolute Gasteiger partial charge is 0.232 e. The molecule has 0 saturated heterocycles. The van der Waals surface area contributed by atoms with Crippen LogP contribution >= 0.6 is 15.9 Å². The van der Waals surface area contributed by atoms with Gasteiger partial charge in [0.05, 0.1) is 23.7 Å². The first-order chi connectivity index (χ1) is 13.8. The Hall–Kier alpha value is -3.19. The van der Waals surface area contributed by atoms with E-state index in [1.54, 1.807) is 35.9 Å². The quantitative estimate of drug-likeness (QED) is 0.546. The van der Waals surface area contributed by atoms with E-state index in [4.69, 9.17) is 12.3 Å². The summed E-state index contributed by atoms with van der Waals surface area (Å²) in [5.74, 6) is -0.120. The number of benzene rings is 2. The molecular weight excluding hydrogens is 428 g/mol. The van der Waals surface area contributed by atoms with Crippen LogP contribution in [0.4, 0.5) is 0 Å². The first kappa shape index (κ1) is 20.5. The van der Waals surface area contributed by atoms with Crippen molar-refractivity contribution in [2.75, 3.05) is 0 Å². The molecular formula is C23H19BrN4O. The molecule has 0 amide bonds. The molecule has 1 heterocycles. The zero-order valence-electron chi connectivity index (χ0n) is 16.1. The molecule has 3 aromatic rings. The summed E-state index contributed by atoms with van der Waals surface area (Å²) in [6, 6.07) is 12.9. The van der Waals surface area contributed by atoms with E-state index in [1.807, 2.05) is 31.2 Å². The lowest BCUT2D eigenvalue weighted by Crippen LogP contribution is -2.22. The van der Waals surface area contributed by atoms with Crippen molar-refractivity contribution in [3.63, 3.8) is 0 Å². The minimum Gasteiger partial charge on any atom is -0.327 e. The van der Waals surface area contributed by atoms with Gasteiger partial charge in [0.25, 0.3) is 0 Å². The lowest BCUT2D eigenvalue weighted by atomic mass is 10.0. The Balaban J connectivity index is 2.22. The Morgan fingerprint density at radius 2 is 2.14 bits per heavy atom. The maximum atomic E-state index is 12.7. The van der Waals surface area contributed by atoms with Crippen LogP contribution in [-0.2, 0) is 0 Å². The fourth-order valence-electron chi connectivity index (χ4n) is 3.17. The summed E-state index contributed by atoms with van der Waals surface area (Å²) in [5.41, 5.74) is 9.89. The van der Waals surface area contributed by atoms with Crippen molar-refractivity contribution in [1.29, 1.82) is 5.26 Å². The van der Waals surface area contributed by atoms with Crippen molar-refractivity contribution in [3.8, 4) is 6.07 Å². The first-order valence-electron chi connectivity index (χ1n) is 9.03. The van der Waals surface area contributed by atoms with Gasteiger partial charge >= 0.3 is 0 Å². The summed E-state index contributed by atoms with van der Waals surface area (Å²) < 4.78 is 2.42. The van der Waals surface area contributed by atoms with Gasteiger partial charge in [-0.05, 0) is 66.8 Å². The van der Waals surface area contributed by atoms with E-state index in [1.165, 1.54) is 0 Å². The predicted octanol–water partition coefficient (Wildman–Crippen LogP) is 5.38. The second kappa shape index (κ2) is 8.45. The third-order valence-electron chi connectivity index (χ3n) is 4.63. The minimum atomic E-state index is -0.258. The molecule has 6 heteroatoms. The minimum absolute atomic E-state index is 0.120. The molecule has 29 heavy (non-hydrogen) atoms. The average molecular weight is 447 g/mol. The number of rotatable bonds is 4. The summed E-state index contributed by atoms with van der Waals surface area (Å²) in [5, 5.41) is 9.98. The number of halogens is 1. The van der Waals surface area contributed by atoms with Crippen LogP contribution in [0.3, 0.4) is 0 Å². The van der Waals surface area contributed by atoms with Gasteiger partial charge in [0.1, 0.15) is 0 Å². The summed E-state index contributed by atoms with van der Waals surface area (Å²) in [6.07, 6.45) is 3.67. The van der Waals surface area contributed by atoms with E-state index in [-0.39, 0.29) is 18.4 Å². The predicted molar refractivity (Wildman–Crippen MR) is 119 cm³/mol. The van der Waals surface area contributed by atoms with Crippen LogP contribution in [-0.4, -0.2) is 16.5 Å². The molecule has 0 saturated carbocycles. The molecule has 144 valence electrons. The number of carbonyl (C=O) groups excluding carboxylic acids is 1. The van der Waals surface area contributed by atoms with Crippen molar-refractivity contribution in [3.05, 3.63) is 80.7 Å². The molecule has 0 fully saturated rings. The Morgan fingerprint density at radius 1 is 1.38 bits per heavy atom. The second-order valence-corrected chi connectivity index (χ2v) is 7.89. The first-order valence-corrected chi connectivity index (χ1v) is 9.83. The van der Waals surface area contributed by atoms with Crippen molar-refractivity contribution in [2.45, 2.75) is 26.3 Å². The van der Waals surface area contributed by atoms with Crippen LogP contribution in [0.15, 0.2) is 47.1 Å². The summed E-state index contributed by atoms with van der Waals surface area (Å²) >= 11 is 3.47. The summed E-state index contributed by atoms with van der Waals surface area (Å²) in [4.78, 5) is 16.4. The monoisotopic (exact) mass is 446 g/mol. The SMILES string of the molecule is [C-]#[N+]/C(=C\c1cc(C#N)ccc1C)c1cn(C(=O)C[C@H](C)N)c2ccc(Br)cc12. The number of hydrogen-bond acceptors (Lipinski definition) is 3. The van der Waals surface area contributed by atoms with Crippen LogP contribution in [0.1, 0.15) is 40.4 Å². The fourth-order valence-corrected chi connectivity index (χ4v) is 3.53. The van der Waals surface area contributed by atoms with Gasteiger partial charge in [0, 0.05) is 28.7 Å². The van der Waals surface area contributed by atoms with Crippen molar-refractivity contribution >= 4 is 44.5 Å². The highest BCUT2D eigenvalue weighted by molar-refractivity contribution is 9.10. The normalized spacial score (nSPS) is 12.4. The average Bonchev–Trinajstić information content (AvgIpc) is 3.05. The lowest BCUT2D eigenvalue weighted by Gasteiger charge is -2.06. The largest absolute Gasteiger partial charge is 0.327 e. The topological polar surface area (TPSA) is 76.2 Å². The number of aryl methyl sites for hydroxylation is 1. The molecule has 0 aliphatic carbocycles. The molecule has 1 aromatic heterocycles. The van der Waals surface area contributed by atoms with E-state index >= 15 is 0 Å². The molecule has 0 unspecified atom stereocenters. The summed E-state index contributed by atoms with van der Waals surface area (Å²) in [6.45, 7) is 11.5. The fraction of sp³-hybridized carbons (Fsp3) is 0.174. The van der Waals surface area contributed by atoms with E-state index in [2.05, 4.69) is 26.8 Å². The van der Waals surface area contributed by atoms with Crippen LogP contribution in [0.25, 0.3) is 27.5 Å². The summed E-state index contributed by atoms with van der Waals surface area (Å²) in [7, 11) is 0. The number of carbonyl (C=O) groups is 1. The molecule has 0 aliphatic heterocycles. The van der Waals surface area contributed by atoms with Crippen molar-refractivity contribution in [1.82, 2.24) is 4.57 Å². The van der Waals surface area contributed by atoms with Gasteiger partial charge in [0.15, 0.2) is 5.70 Å². The maximum Gasteiger partial charge on any atom is 0.232 e. The molecule has 2 aromatic carbocycles. The Kier molecular flexibility index (Phi) is 5.98. The van der Waals surface area contributed by atoms with Crippen LogP contribution in [0, 0.1) is 24.8 Å².